The van der Waals surface area contributed by atoms with Gasteiger partial charge < -0.3 is 15.7 Å². The number of carbonyl (C=O) groups excluding carboxylic acids is 1. The Kier molecular flexibility index (Phi) is 5.39. The molecule has 1 aromatic carbocycles. The molecule has 0 atom stereocenters. The molecule has 20 heavy (non-hydrogen) atoms. The Labute approximate surface area is 112 Å². The first-order valence-corrected chi connectivity index (χ1v) is 5.60. The molecule has 0 aromatic heterocycles. The van der Waals surface area contributed by atoms with Gasteiger partial charge in [-0.15, -0.1) is 0 Å². The van der Waals surface area contributed by atoms with Crippen molar-refractivity contribution < 1.29 is 24.0 Å². The molecule has 0 spiro atoms. The van der Waals surface area contributed by atoms with Crippen LogP contribution in [0.2, 0.25) is 0 Å². The van der Waals surface area contributed by atoms with Gasteiger partial charge >= 0.3 is 17.7 Å². The fourth-order valence-electron chi connectivity index (χ4n) is 1.35. The third kappa shape index (κ3) is 4.88. The van der Waals surface area contributed by atoms with E-state index >= 15 is 0 Å². The van der Waals surface area contributed by atoms with E-state index in [1.165, 1.54) is 6.07 Å². The van der Waals surface area contributed by atoms with Crippen LogP contribution in [0.4, 0.5) is 20.6 Å². The van der Waals surface area contributed by atoms with E-state index < -0.39 is 28.4 Å². The molecule has 108 valence electrons. The summed E-state index contributed by atoms with van der Waals surface area (Å²) >= 11 is 0. The van der Waals surface area contributed by atoms with Crippen LogP contribution in [0, 0.1) is 15.9 Å². The molecule has 1 rings (SSSR count). The van der Waals surface area contributed by atoms with Gasteiger partial charge in [0.15, 0.2) is 0 Å². The number of carboxylic acids is 1. The van der Waals surface area contributed by atoms with Crippen molar-refractivity contribution >= 4 is 23.4 Å². The lowest BCUT2D eigenvalue weighted by Crippen LogP contribution is -2.29. The number of nitrogens with one attached hydrogen (secondary N) is 2. The van der Waals surface area contributed by atoms with Crippen molar-refractivity contribution in [3.05, 3.63) is 34.1 Å². The number of nitrogens with zero attached hydrogens (tertiary/aromatic N) is 1. The molecule has 0 aliphatic carbocycles. The van der Waals surface area contributed by atoms with Crippen molar-refractivity contribution in [2.45, 2.75) is 12.8 Å². The van der Waals surface area contributed by atoms with Crippen LogP contribution in [0.5, 0.6) is 0 Å². The summed E-state index contributed by atoms with van der Waals surface area (Å²) in [7, 11) is 0. The van der Waals surface area contributed by atoms with Gasteiger partial charge in [0.1, 0.15) is 0 Å². The first-order valence-electron chi connectivity index (χ1n) is 5.60. The van der Waals surface area contributed by atoms with Crippen LogP contribution < -0.4 is 10.6 Å². The lowest BCUT2D eigenvalue weighted by molar-refractivity contribution is -0.387. The van der Waals surface area contributed by atoms with E-state index in [0.717, 1.165) is 12.1 Å². The van der Waals surface area contributed by atoms with Crippen molar-refractivity contribution in [1.29, 1.82) is 0 Å². The van der Waals surface area contributed by atoms with Crippen LogP contribution >= 0.6 is 0 Å². The van der Waals surface area contributed by atoms with Gasteiger partial charge in [0, 0.05) is 30.8 Å². The van der Waals surface area contributed by atoms with Crippen molar-refractivity contribution in [1.82, 2.24) is 5.32 Å². The molecule has 0 fully saturated rings. The number of carboxylic acid groups (broad SMARTS) is 1. The fraction of sp³-hybridized carbons (Fsp3) is 0.273. The summed E-state index contributed by atoms with van der Waals surface area (Å²) in [5, 5.41) is 23.4. The first kappa shape index (κ1) is 15.3. The van der Waals surface area contributed by atoms with Crippen molar-refractivity contribution in [2.75, 3.05) is 11.9 Å². The third-order valence-corrected chi connectivity index (χ3v) is 2.26. The fourth-order valence-corrected chi connectivity index (χ4v) is 1.35. The molecule has 0 bridgehead atoms. The van der Waals surface area contributed by atoms with E-state index in [1.807, 2.05) is 0 Å². The maximum Gasteiger partial charge on any atom is 0.319 e. The minimum atomic E-state index is -1.06. The van der Waals surface area contributed by atoms with Crippen molar-refractivity contribution in [3.63, 3.8) is 0 Å². The number of halogens is 1. The molecule has 0 unspecified atom stereocenters. The van der Waals surface area contributed by atoms with E-state index in [4.69, 9.17) is 5.11 Å². The molecule has 9 heteroatoms. The number of nitro benzene ring substituents is 1. The number of aliphatic carboxylic acids is 1. The van der Waals surface area contributed by atoms with Crippen LogP contribution in [0.3, 0.4) is 0 Å². The maximum absolute atomic E-state index is 13.3. The van der Waals surface area contributed by atoms with Crippen LogP contribution in [0.25, 0.3) is 0 Å². The van der Waals surface area contributed by atoms with Gasteiger partial charge in [-0.2, -0.15) is 4.39 Å². The van der Waals surface area contributed by atoms with Crippen molar-refractivity contribution in [3.8, 4) is 0 Å². The average Bonchev–Trinajstić information content (AvgIpc) is 2.34. The molecule has 3 N–H and O–H groups in total. The molecule has 2 amide bonds. The number of urea groups is 1. The zero-order valence-electron chi connectivity index (χ0n) is 10.3. The second-order valence-electron chi connectivity index (χ2n) is 3.80. The lowest BCUT2D eigenvalue weighted by atomic mass is 10.2. The largest absolute Gasteiger partial charge is 0.481 e. The van der Waals surface area contributed by atoms with Crippen LogP contribution in [-0.2, 0) is 4.79 Å². The number of hydrogen-bond acceptors (Lipinski definition) is 4. The van der Waals surface area contributed by atoms with Crippen LogP contribution in [-0.4, -0.2) is 28.6 Å². The molecule has 0 heterocycles. The highest BCUT2D eigenvalue weighted by Crippen LogP contribution is 2.20. The quantitative estimate of drug-likeness (QED) is 0.417. The number of rotatable bonds is 6. The number of nitro groups is 1. The van der Waals surface area contributed by atoms with E-state index in [-0.39, 0.29) is 25.1 Å². The highest BCUT2D eigenvalue weighted by molar-refractivity contribution is 5.89. The second-order valence-corrected chi connectivity index (χ2v) is 3.80. The Bertz CT molecular complexity index is 535. The molecule has 0 radical (unpaired) electrons. The summed E-state index contributed by atoms with van der Waals surface area (Å²) in [6, 6.07) is 2.31. The van der Waals surface area contributed by atoms with E-state index in [9.17, 15) is 24.1 Å². The summed E-state index contributed by atoms with van der Waals surface area (Å²) in [6.45, 7) is 0.146. The van der Waals surface area contributed by atoms with Crippen molar-refractivity contribution in [2.24, 2.45) is 0 Å². The molecule has 0 aliphatic heterocycles. The van der Waals surface area contributed by atoms with E-state index in [1.54, 1.807) is 0 Å². The minimum Gasteiger partial charge on any atom is -0.481 e. The molecular formula is C11H12FN3O5. The van der Waals surface area contributed by atoms with Crippen LogP contribution in [0.15, 0.2) is 18.2 Å². The van der Waals surface area contributed by atoms with Gasteiger partial charge in [-0.05, 0) is 12.5 Å². The van der Waals surface area contributed by atoms with Gasteiger partial charge in [0.25, 0.3) is 0 Å². The zero-order valence-corrected chi connectivity index (χ0v) is 10.3. The smallest absolute Gasteiger partial charge is 0.319 e. The molecule has 8 nitrogen and oxygen atoms in total. The minimum absolute atomic E-state index is 0.0591. The third-order valence-electron chi connectivity index (χ3n) is 2.26. The summed E-state index contributed by atoms with van der Waals surface area (Å²) in [5.41, 5.74) is -0.624. The molecule has 0 saturated heterocycles. The number of benzene rings is 1. The predicted octanol–water partition coefficient (Wildman–Crippen LogP) is 1.72. The van der Waals surface area contributed by atoms with Gasteiger partial charge in [0.2, 0.25) is 5.82 Å². The maximum atomic E-state index is 13.3. The Morgan fingerprint density at radius 3 is 2.65 bits per heavy atom. The highest BCUT2D eigenvalue weighted by Gasteiger charge is 2.14. The Morgan fingerprint density at radius 1 is 1.40 bits per heavy atom. The number of amides is 2. The number of hydrogen-bond donors (Lipinski definition) is 3. The average molecular weight is 285 g/mol. The summed E-state index contributed by atoms with van der Waals surface area (Å²) in [5.74, 6) is -2.02. The Hall–Kier alpha value is -2.71. The Balaban J connectivity index is 2.48. The number of carbonyl (C=O) groups is 2. The zero-order chi connectivity index (χ0) is 15.1. The predicted molar refractivity (Wildman–Crippen MR) is 66.9 cm³/mol. The molecular weight excluding hydrogens is 273 g/mol. The van der Waals surface area contributed by atoms with E-state index in [2.05, 4.69) is 10.6 Å². The molecule has 0 aliphatic rings. The standard InChI is InChI=1S/C11H12FN3O5/c12-8-6-7(3-4-9(8)15(19)20)14-11(18)13-5-1-2-10(16)17/h3-4,6H,1-2,5H2,(H,16,17)(H2,13,14,18). The summed E-state index contributed by atoms with van der Waals surface area (Å²) in [6.07, 6.45) is 0.184. The number of anilines is 1. The summed E-state index contributed by atoms with van der Waals surface area (Å²) < 4.78 is 13.3. The van der Waals surface area contributed by atoms with Gasteiger partial charge in [-0.3, -0.25) is 14.9 Å². The summed E-state index contributed by atoms with van der Waals surface area (Å²) in [4.78, 5) is 31.1. The first-order chi connectivity index (χ1) is 9.40. The van der Waals surface area contributed by atoms with Gasteiger partial charge in [-0.25, -0.2) is 4.79 Å². The van der Waals surface area contributed by atoms with Crippen LogP contribution in [0.1, 0.15) is 12.8 Å². The van der Waals surface area contributed by atoms with Gasteiger partial charge in [-0.1, -0.05) is 0 Å². The topological polar surface area (TPSA) is 122 Å². The normalized spacial score (nSPS) is 9.85. The Morgan fingerprint density at radius 2 is 2.10 bits per heavy atom. The second kappa shape index (κ2) is 7.02. The molecule has 1 aromatic rings. The molecule has 0 saturated carbocycles. The van der Waals surface area contributed by atoms with E-state index in [0.29, 0.717) is 0 Å². The monoisotopic (exact) mass is 285 g/mol. The van der Waals surface area contributed by atoms with Gasteiger partial charge in [0.05, 0.1) is 4.92 Å². The highest BCUT2D eigenvalue weighted by atomic mass is 19.1. The lowest BCUT2D eigenvalue weighted by Gasteiger charge is -2.07. The SMILES string of the molecule is O=C(O)CCCNC(=O)Nc1ccc([N+](=O)[O-])c(F)c1.